The van der Waals surface area contributed by atoms with Crippen molar-refractivity contribution in [3.63, 3.8) is 0 Å². The minimum Gasteiger partial charge on any atom is -0.383 e. The number of aromatic nitrogens is 2. The number of rotatable bonds is 10. The Hall–Kier alpha value is -2.87. The van der Waals surface area contributed by atoms with E-state index < -0.39 is 11.2 Å². The molecule has 3 N–H and O–H groups in total. The normalized spacial score (nSPS) is 11.7. The molecule has 0 saturated carbocycles. The van der Waals surface area contributed by atoms with Crippen molar-refractivity contribution in [3.05, 3.63) is 56.7 Å². The molecular weight excluding hydrogens is 406 g/mol. The van der Waals surface area contributed by atoms with Crippen LogP contribution in [0.1, 0.15) is 47.1 Å². The van der Waals surface area contributed by atoms with Gasteiger partial charge in [0.25, 0.3) is 5.56 Å². The largest absolute Gasteiger partial charge is 0.383 e. The summed E-state index contributed by atoms with van der Waals surface area (Å²) in [6.07, 6.45) is 0. The highest BCUT2D eigenvalue weighted by Gasteiger charge is 2.27. The molecule has 0 unspecified atom stereocenters. The maximum Gasteiger partial charge on any atom is 0.330 e. The highest BCUT2D eigenvalue weighted by molar-refractivity contribution is 5.96. The Morgan fingerprint density at radius 1 is 1.00 bits per heavy atom. The van der Waals surface area contributed by atoms with Gasteiger partial charge in [-0.3, -0.25) is 24.0 Å². The number of hydrogen-bond acceptors (Lipinski definition) is 5. The van der Waals surface area contributed by atoms with Gasteiger partial charge in [0.2, 0.25) is 5.91 Å². The maximum absolute atomic E-state index is 13.4. The predicted molar refractivity (Wildman–Crippen MR) is 130 cm³/mol. The van der Waals surface area contributed by atoms with Crippen LogP contribution in [0.4, 0.5) is 11.5 Å². The number of hydrogen-bond donors (Lipinski definition) is 2. The molecule has 8 heteroatoms. The minimum atomic E-state index is -0.647. The van der Waals surface area contributed by atoms with Crippen molar-refractivity contribution in [2.75, 3.05) is 30.3 Å². The summed E-state index contributed by atoms with van der Waals surface area (Å²) in [4.78, 5) is 44.7. The number of nitrogen functional groups attached to an aromatic ring is 1. The van der Waals surface area contributed by atoms with E-state index >= 15 is 0 Å². The molecule has 0 aliphatic rings. The molecule has 0 atom stereocenters. The van der Waals surface area contributed by atoms with Crippen LogP contribution in [-0.2, 0) is 11.3 Å². The second-order valence-electron chi connectivity index (χ2n) is 9.38. The van der Waals surface area contributed by atoms with Gasteiger partial charge in [-0.1, -0.05) is 58.0 Å². The first-order valence-electron chi connectivity index (χ1n) is 11.2. The Bertz CT molecular complexity index is 1010. The van der Waals surface area contributed by atoms with Crippen molar-refractivity contribution in [2.45, 2.75) is 54.1 Å². The molecule has 0 aliphatic heterocycles. The molecule has 32 heavy (non-hydrogen) atoms. The van der Waals surface area contributed by atoms with E-state index in [2.05, 4.69) is 23.7 Å². The monoisotopic (exact) mass is 443 g/mol. The summed E-state index contributed by atoms with van der Waals surface area (Å²) in [5.74, 6) is 0.279. The first-order valence-corrected chi connectivity index (χ1v) is 11.2. The van der Waals surface area contributed by atoms with Crippen LogP contribution in [0.5, 0.6) is 0 Å². The minimum absolute atomic E-state index is 0.00319. The summed E-state index contributed by atoms with van der Waals surface area (Å²) in [6.45, 7) is 13.7. The Balaban J connectivity index is 2.50. The third-order valence-corrected chi connectivity index (χ3v) is 5.18. The lowest BCUT2D eigenvalue weighted by molar-refractivity contribution is -0.120. The smallest absolute Gasteiger partial charge is 0.330 e. The summed E-state index contributed by atoms with van der Waals surface area (Å²) >= 11 is 0. The molecule has 176 valence electrons. The molecule has 0 bridgehead atoms. The fraction of sp³-hybridized carbons (Fsp3) is 0.542. The van der Waals surface area contributed by atoms with Crippen LogP contribution in [0.3, 0.4) is 0 Å². The van der Waals surface area contributed by atoms with Gasteiger partial charge in [-0.2, -0.15) is 0 Å². The second-order valence-corrected chi connectivity index (χ2v) is 9.38. The average Bonchev–Trinajstić information content (AvgIpc) is 2.69. The van der Waals surface area contributed by atoms with Crippen molar-refractivity contribution in [1.82, 2.24) is 14.5 Å². The SMILES string of the molecule is CC(C)CN(C(=O)CN(CC(C)C)C(C)C)c1c(N)n(Cc2ccccc2)c(=O)[nH]c1=O. The topological polar surface area (TPSA) is 104 Å². The van der Waals surface area contributed by atoms with Crippen molar-refractivity contribution < 1.29 is 4.79 Å². The summed E-state index contributed by atoms with van der Waals surface area (Å²) in [7, 11) is 0. The van der Waals surface area contributed by atoms with Gasteiger partial charge in [-0.25, -0.2) is 4.79 Å². The third kappa shape index (κ3) is 6.56. The van der Waals surface area contributed by atoms with Crippen molar-refractivity contribution in [3.8, 4) is 0 Å². The number of amides is 1. The number of nitrogens with zero attached hydrogens (tertiary/aromatic N) is 3. The average molecular weight is 444 g/mol. The Labute approximate surface area is 190 Å². The fourth-order valence-electron chi connectivity index (χ4n) is 3.63. The van der Waals surface area contributed by atoms with Gasteiger partial charge < -0.3 is 10.6 Å². The number of carbonyl (C=O) groups excluding carboxylic acids is 1. The molecule has 0 radical (unpaired) electrons. The lowest BCUT2D eigenvalue weighted by Crippen LogP contribution is -2.48. The van der Waals surface area contributed by atoms with Crippen LogP contribution in [0, 0.1) is 11.8 Å². The number of anilines is 2. The number of nitrogens with two attached hydrogens (primary N) is 1. The molecular formula is C24H37N5O3. The predicted octanol–water partition coefficient (Wildman–Crippen LogP) is 2.52. The molecule has 0 saturated heterocycles. The molecule has 0 aliphatic carbocycles. The third-order valence-electron chi connectivity index (χ3n) is 5.18. The van der Waals surface area contributed by atoms with Gasteiger partial charge in [0.05, 0.1) is 13.1 Å². The standard InChI is InChI=1S/C24H37N5O3/c1-16(2)12-27(18(5)6)15-20(30)28(13-17(3)4)21-22(25)29(24(32)26-23(21)31)14-19-10-8-7-9-11-19/h7-11,16-18H,12-15,25H2,1-6H3,(H,26,31,32). The van der Waals surface area contributed by atoms with E-state index in [1.54, 1.807) is 0 Å². The maximum atomic E-state index is 13.4. The molecule has 2 aromatic rings. The summed E-state index contributed by atoms with van der Waals surface area (Å²) in [6, 6.07) is 9.54. The number of benzene rings is 1. The van der Waals surface area contributed by atoms with Crippen LogP contribution >= 0.6 is 0 Å². The van der Waals surface area contributed by atoms with Gasteiger partial charge in [0.15, 0.2) is 5.69 Å². The summed E-state index contributed by atoms with van der Waals surface area (Å²) in [5.41, 5.74) is 6.01. The van der Waals surface area contributed by atoms with E-state index in [0.29, 0.717) is 12.5 Å². The quantitative estimate of drug-likeness (QED) is 0.587. The van der Waals surface area contributed by atoms with E-state index in [1.165, 1.54) is 9.47 Å². The van der Waals surface area contributed by atoms with Gasteiger partial charge in [-0.05, 0) is 31.2 Å². The van der Waals surface area contributed by atoms with Gasteiger partial charge >= 0.3 is 5.69 Å². The van der Waals surface area contributed by atoms with E-state index in [-0.39, 0.29) is 42.5 Å². The molecule has 0 spiro atoms. The van der Waals surface area contributed by atoms with E-state index in [9.17, 15) is 14.4 Å². The zero-order chi connectivity index (χ0) is 24.0. The number of aromatic amines is 1. The summed E-state index contributed by atoms with van der Waals surface area (Å²) < 4.78 is 1.31. The van der Waals surface area contributed by atoms with Crippen LogP contribution in [0.25, 0.3) is 0 Å². The lowest BCUT2D eigenvalue weighted by Gasteiger charge is -2.32. The van der Waals surface area contributed by atoms with Crippen LogP contribution in [0.15, 0.2) is 39.9 Å². The highest BCUT2D eigenvalue weighted by Crippen LogP contribution is 2.20. The number of H-pyrrole nitrogens is 1. The zero-order valence-electron chi connectivity index (χ0n) is 20.1. The van der Waals surface area contributed by atoms with E-state index in [0.717, 1.165) is 12.1 Å². The molecule has 0 fully saturated rings. The zero-order valence-corrected chi connectivity index (χ0v) is 20.1. The van der Waals surface area contributed by atoms with Gasteiger partial charge in [0, 0.05) is 19.1 Å². The van der Waals surface area contributed by atoms with Crippen LogP contribution in [0.2, 0.25) is 0 Å². The Morgan fingerprint density at radius 3 is 2.12 bits per heavy atom. The highest BCUT2D eigenvalue weighted by atomic mass is 16.2. The van der Waals surface area contributed by atoms with Gasteiger partial charge in [0.1, 0.15) is 5.82 Å². The molecule has 1 aromatic heterocycles. The molecule has 1 heterocycles. The van der Waals surface area contributed by atoms with E-state index in [1.807, 2.05) is 58.0 Å². The molecule has 8 nitrogen and oxygen atoms in total. The van der Waals surface area contributed by atoms with Gasteiger partial charge in [-0.15, -0.1) is 0 Å². The van der Waals surface area contributed by atoms with Crippen molar-refractivity contribution in [1.29, 1.82) is 0 Å². The first kappa shape index (κ1) is 25.4. The summed E-state index contributed by atoms with van der Waals surface area (Å²) in [5, 5.41) is 0. The first-order chi connectivity index (χ1) is 15.0. The Kier molecular flexibility index (Phi) is 8.83. The second kappa shape index (κ2) is 11.1. The molecule has 1 aromatic carbocycles. The number of nitrogens with one attached hydrogen (secondary N) is 1. The van der Waals surface area contributed by atoms with E-state index in [4.69, 9.17) is 5.73 Å². The molecule has 1 amide bonds. The number of carbonyl (C=O) groups is 1. The lowest BCUT2D eigenvalue weighted by atomic mass is 10.1. The van der Waals surface area contributed by atoms with Crippen molar-refractivity contribution >= 4 is 17.4 Å². The van der Waals surface area contributed by atoms with Crippen LogP contribution < -0.4 is 21.9 Å². The molecule has 2 rings (SSSR count). The fourth-order valence-corrected chi connectivity index (χ4v) is 3.63. The van der Waals surface area contributed by atoms with Crippen LogP contribution in [-0.4, -0.2) is 46.0 Å². The Morgan fingerprint density at radius 2 is 1.59 bits per heavy atom. The van der Waals surface area contributed by atoms with Crippen molar-refractivity contribution in [2.24, 2.45) is 11.8 Å².